The summed E-state index contributed by atoms with van der Waals surface area (Å²) >= 11 is 0. The second-order valence-corrected chi connectivity index (χ2v) is 20.9. The molecule has 7 rings (SSSR count). The number of hydrogen-bond donors (Lipinski definition) is 2. The van der Waals surface area contributed by atoms with Gasteiger partial charge in [-0.25, -0.2) is 0 Å². The number of rotatable bonds is 9. The van der Waals surface area contributed by atoms with E-state index in [1.165, 1.54) is 17.7 Å². The van der Waals surface area contributed by atoms with E-state index in [1.807, 2.05) is 13.8 Å². The smallest absolute Gasteiger partial charge is 0.329 e. The van der Waals surface area contributed by atoms with E-state index in [0.717, 1.165) is 56.9 Å². The van der Waals surface area contributed by atoms with Crippen molar-refractivity contribution in [3.05, 3.63) is 47.0 Å². The molecule has 5 fully saturated rings. The molecule has 5 saturated carbocycles. The molecule has 0 radical (unpaired) electrons. The van der Waals surface area contributed by atoms with Gasteiger partial charge in [0.2, 0.25) is 0 Å². The number of esters is 1. The van der Waals surface area contributed by atoms with Gasteiger partial charge in [-0.05, 0) is 115 Å². The van der Waals surface area contributed by atoms with Gasteiger partial charge >= 0.3 is 18.0 Å². The molecule has 1 aromatic carbocycles. The van der Waals surface area contributed by atoms with E-state index < -0.39 is 29.3 Å². The van der Waals surface area contributed by atoms with E-state index in [-0.39, 0.29) is 68.9 Å². The number of carboxylic acid groups (broad SMARTS) is 1. The van der Waals surface area contributed by atoms with Crippen LogP contribution in [0.2, 0.25) is 0 Å². The number of ether oxygens (including phenoxy) is 1. The average Bonchev–Trinajstić information content (AvgIpc) is 3.38. The van der Waals surface area contributed by atoms with E-state index in [2.05, 4.69) is 53.8 Å². The lowest BCUT2D eigenvalue weighted by atomic mass is 9.33. The van der Waals surface area contributed by atoms with Crippen molar-refractivity contribution in [2.75, 3.05) is 6.54 Å². The Labute approximate surface area is 322 Å². The molecule has 0 aliphatic heterocycles. The van der Waals surface area contributed by atoms with Crippen molar-refractivity contribution in [3.63, 3.8) is 0 Å². The quantitative estimate of drug-likeness (QED) is 0.193. The molecular weight excluding hydrogens is 685 g/mol. The van der Waals surface area contributed by atoms with Gasteiger partial charge in [0.15, 0.2) is 5.78 Å². The highest BCUT2D eigenvalue weighted by Crippen LogP contribution is 2.77. The van der Waals surface area contributed by atoms with E-state index in [1.54, 1.807) is 18.2 Å². The zero-order valence-corrected chi connectivity index (χ0v) is 34.2. The van der Waals surface area contributed by atoms with Gasteiger partial charge in [0.05, 0.1) is 11.8 Å². The Bertz CT molecular complexity index is 1720. The van der Waals surface area contributed by atoms with Crippen LogP contribution < -0.4 is 5.32 Å². The van der Waals surface area contributed by atoms with Crippen molar-refractivity contribution in [1.82, 2.24) is 5.32 Å². The largest absolute Gasteiger partial charge is 0.481 e. The number of aliphatic carboxylic acids is 1. The summed E-state index contributed by atoms with van der Waals surface area (Å²) in [5, 5.41) is 12.2. The SMILES string of the molecule is CC(C)C1=C2[C@H]3CC[C@@H]4[C@@]5(C)CC[C@H](OC(=O)[C@H]6C[C@@H](C(=O)O)C6(C)C)C(C)(C)[C@@H]5CC[C@@]4(C)[C@]3(C)CC[C@@]2(CCNC(F)(F)c2ccccc2)CC1=O. The first-order valence-electron chi connectivity index (χ1n) is 21.0. The molecule has 54 heavy (non-hydrogen) atoms. The van der Waals surface area contributed by atoms with Crippen molar-refractivity contribution in [2.45, 2.75) is 145 Å². The van der Waals surface area contributed by atoms with E-state index in [9.17, 15) is 19.5 Å². The fraction of sp³-hybridized carbons (Fsp3) is 0.761. The number of hydrogen-bond acceptors (Lipinski definition) is 5. The van der Waals surface area contributed by atoms with E-state index in [4.69, 9.17) is 4.74 Å². The summed E-state index contributed by atoms with van der Waals surface area (Å²) in [6.07, 6.45) is 8.91. The molecule has 2 N–H and O–H groups in total. The molecule has 0 saturated heterocycles. The molecule has 0 bridgehead atoms. The molecule has 6 aliphatic carbocycles. The third-order valence-electron chi connectivity index (χ3n) is 17.7. The first-order valence-corrected chi connectivity index (χ1v) is 21.0. The minimum absolute atomic E-state index is 0.0289. The van der Waals surface area contributed by atoms with Gasteiger partial charge in [0.25, 0.3) is 0 Å². The fourth-order valence-electron chi connectivity index (χ4n) is 14.4. The predicted molar refractivity (Wildman–Crippen MR) is 205 cm³/mol. The highest BCUT2D eigenvalue weighted by Gasteiger charge is 2.70. The molecule has 0 heterocycles. The summed E-state index contributed by atoms with van der Waals surface area (Å²) in [7, 11) is 0. The Morgan fingerprint density at radius 1 is 0.870 bits per heavy atom. The molecule has 1 aromatic rings. The maximum atomic E-state index is 15.3. The lowest BCUT2D eigenvalue weighted by Crippen LogP contribution is -2.66. The molecular formula is C46H65F2NO5. The number of carbonyl (C=O) groups is 3. The van der Waals surface area contributed by atoms with Crippen LogP contribution >= 0.6 is 0 Å². The molecule has 298 valence electrons. The number of nitrogens with one attached hydrogen (secondary N) is 1. The first-order chi connectivity index (χ1) is 25.1. The Hall–Kier alpha value is -2.61. The van der Waals surface area contributed by atoms with Crippen molar-refractivity contribution in [2.24, 2.45) is 68.0 Å². The number of carbonyl (C=O) groups excluding carboxylic acids is 2. The molecule has 10 atom stereocenters. The van der Waals surface area contributed by atoms with Crippen LogP contribution in [0, 0.1) is 68.0 Å². The summed E-state index contributed by atoms with van der Waals surface area (Å²) < 4.78 is 37.0. The molecule has 8 heteroatoms. The fourth-order valence-corrected chi connectivity index (χ4v) is 14.4. The number of alkyl halides is 2. The topological polar surface area (TPSA) is 92.7 Å². The molecule has 0 spiro atoms. The van der Waals surface area contributed by atoms with Crippen LogP contribution in [0.5, 0.6) is 0 Å². The third kappa shape index (κ3) is 5.62. The number of ketones is 1. The van der Waals surface area contributed by atoms with Crippen LogP contribution in [0.15, 0.2) is 41.5 Å². The van der Waals surface area contributed by atoms with E-state index >= 15 is 8.78 Å². The summed E-state index contributed by atoms with van der Waals surface area (Å²) in [6.45, 7) is 20.3. The number of halogens is 2. The lowest BCUT2D eigenvalue weighted by Gasteiger charge is -2.72. The molecule has 6 nitrogen and oxygen atoms in total. The average molecular weight is 750 g/mol. The monoisotopic (exact) mass is 749 g/mol. The van der Waals surface area contributed by atoms with Crippen LogP contribution in [0.1, 0.15) is 139 Å². The van der Waals surface area contributed by atoms with Crippen molar-refractivity contribution in [3.8, 4) is 0 Å². The van der Waals surface area contributed by atoms with Gasteiger partial charge in [-0.3, -0.25) is 19.7 Å². The summed E-state index contributed by atoms with van der Waals surface area (Å²) in [6, 6.07) is 4.80. The number of fused-ring (bicyclic) bond motifs is 7. The summed E-state index contributed by atoms with van der Waals surface area (Å²) in [4.78, 5) is 39.3. The maximum absolute atomic E-state index is 15.3. The van der Waals surface area contributed by atoms with Crippen molar-refractivity contribution >= 4 is 17.7 Å². The second kappa shape index (κ2) is 13.0. The molecule has 0 aromatic heterocycles. The third-order valence-corrected chi connectivity index (χ3v) is 17.7. The minimum atomic E-state index is -3.14. The van der Waals surface area contributed by atoms with Gasteiger partial charge in [0.1, 0.15) is 6.10 Å². The highest BCUT2D eigenvalue weighted by molar-refractivity contribution is 6.00. The second-order valence-electron chi connectivity index (χ2n) is 20.9. The van der Waals surface area contributed by atoms with Crippen LogP contribution in [-0.4, -0.2) is 35.5 Å². The zero-order chi connectivity index (χ0) is 39.4. The van der Waals surface area contributed by atoms with E-state index in [0.29, 0.717) is 31.1 Å². The van der Waals surface area contributed by atoms with Crippen LogP contribution in [0.25, 0.3) is 0 Å². The molecule has 0 amide bonds. The lowest BCUT2D eigenvalue weighted by molar-refractivity contribution is -0.236. The molecule has 6 aliphatic rings. The van der Waals surface area contributed by atoms with Gasteiger partial charge in [-0.15, -0.1) is 0 Å². The molecule has 0 unspecified atom stereocenters. The number of Topliss-reactive ketones (excluding diaryl/α,β-unsaturated/α-hetero) is 1. The summed E-state index contributed by atoms with van der Waals surface area (Å²) in [5.41, 5.74) is 1.09. The first kappa shape index (κ1) is 39.6. The Morgan fingerprint density at radius 2 is 1.56 bits per heavy atom. The number of benzene rings is 1. The Morgan fingerprint density at radius 3 is 2.19 bits per heavy atom. The van der Waals surface area contributed by atoms with Crippen LogP contribution in [0.3, 0.4) is 0 Å². The van der Waals surface area contributed by atoms with Gasteiger partial charge < -0.3 is 9.84 Å². The summed E-state index contributed by atoms with van der Waals surface area (Å²) in [5.74, 6) is -0.590. The predicted octanol–water partition coefficient (Wildman–Crippen LogP) is 10.4. The number of carboxylic acids is 1. The normalized spacial score (nSPS) is 40.9. The van der Waals surface area contributed by atoms with Crippen LogP contribution in [-0.2, 0) is 25.2 Å². The van der Waals surface area contributed by atoms with Gasteiger partial charge in [-0.2, -0.15) is 8.78 Å². The van der Waals surface area contributed by atoms with Crippen molar-refractivity contribution < 1.29 is 33.0 Å². The number of allylic oxidation sites excluding steroid dienone is 2. The maximum Gasteiger partial charge on any atom is 0.329 e. The van der Waals surface area contributed by atoms with Crippen molar-refractivity contribution in [1.29, 1.82) is 0 Å². The van der Waals surface area contributed by atoms with Gasteiger partial charge in [0, 0.05) is 29.4 Å². The zero-order valence-electron chi connectivity index (χ0n) is 34.2. The highest BCUT2D eigenvalue weighted by atomic mass is 19.3. The Kier molecular flexibility index (Phi) is 9.51. The van der Waals surface area contributed by atoms with Gasteiger partial charge in [-0.1, -0.05) is 98.2 Å². The minimum Gasteiger partial charge on any atom is -0.481 e. The Balaban J connectivity index is 1.12. The standard InChI is InChI=1S/C46H65F2NO5/c1-27(2)36-32(50)26-45(23-24-49-46(47,48)28-13-11-10-12-14-28)22-21-43(8)29(37(36)45)15-16-34-42(7)19-18-35(41(5,6)33(42)17-20-44(34,43)9)54-39(53)31-25-30(38(51)52)40(31,3)4/h10-14,27,29-31,33-35,49H,15-26H2,1-9H3,(H,51,52)/t29-,30+,31-,33+,34-,35+,42+,43-,44-,45-/m1/s1. The van der Waals surface area contributed by atoms with Crippen LogP contribution in [0.4, 0.5) is 8.78 Å².